The number of benzene rings is 1. The molecule has 0 saturated carbocycles. The van der Waals surface area contributed by atoms with E-state index in [4.69, 9.17) is 0 Å². The quantitative estimate of drug-likeness (QED) is 0.875. The summed E-state index contributed by atoms with van der Waals surface area (Å²) in [6.45, 7) is 10.7. The van der Waals surface area contributed by atoms with Gasteiger partial charge in [0.05, 0.1) is 6.54 Å². The fourth-order valence-electron chi connectivity index (χ4n) is 2.16. The van der Waals surface area contributed by atoms with Crippen molar-refractivity contribution in [3.05, 3.63) is 35.4 Å². The van der Waals surface area contributed by atoms with E-state index in [1.165, 1.54) is 11.1 Å². The Morgan fingerprint density at radius 3 is 2.47 bits per heavy atom. The Labute approximate surface area is 116 Å². The highest BCUT2D eigenvalue weighted by Gasteiger charge is 2.13. The number of hydrogen-bond acceptors (Lipinski definition) is 3. The maximum atomic E-state index is 4.39. The molecule has 0 amide bonds. The van der Waals surface area contributed by atoms with E-state index in [1.807, 2.05) is 0 Å². The van der Waals surface area contributed by atoms with Gasteiger partial charge in [0.1, 0.15) is 0 Å². The first-order valence-electron chi connectivity index (χ1n) is 7.09. The summed E-state index contributed by atoms with van der Waals surface area (Å²) in [5, 5.41) is 6.65. The molecule has 0 aromatic heterocycles. The molecule has 1 aromatic carbocycles. The lowest BCUT2D eigenvalue weighted by Crippen LogP contribution is -2.38. The van der Waals surface area contributed by atoms with Gasteiger partial charge < -0.3 is 10.6 Å². The van der Waals surface area contributed by atoms with E-state index in [0.717, 1.165) is 25.5 Å². The van der Waals surface area contributed by atoms with E-state index >= 15 is 0 Å². The number of rotatable bonds is 3. The third-order valence-corrected chi connectivity index (χ3v) is 3.43. The van der Waals surface area contributed by atoms with Gasteiger partial charge in [0.2, 0.25) is 0 Å². The number of guanidine groups is 1. The third kappa shape index (κ3) is 3.98. The molecule has 1 atom stereocenters. The summed E-state index contributed by atoms with van der Waals surface area (Å²) >= 11 is 0. The Morgan fingerprint density at radius 1 is 1.26 bits per heavy atom. The third-order valence-electron chi connectivity index (χ3n) is 3.43. The molecule has 0 aliphatic carbocycles. The molecule has 0 saturated heterocycles. The zero-order chi connectivity index (χ0) is 13.9. The summed E-state index contributed by atoms with van der Waals surface area (Å²) in [5.74, 6) is 0.943. The molecule has 3 nitrogen and oxygen atoms in total. The van der Waals surface area contributed by atoms with E-state index in [1.54, 1.807) is 0 Å². The van der Waals surface area contributed by atoms with Crippen molar-refractivity contribution >= 4 is 5.96 Å². The van der Waals surface area contributed by atoms with Gasteiger partial charge in [-0.2, -0.15) is 0 Å². The van der Waals surface area contributed by atoms with Crippen molar-refractivity contribution in [3.63, 3.8) is 0 Å². The zero-order valence-electron chi connectivity index (χ0n) is 12.5. The summed E-state index contributed by atoms with van der Waals surface area (Å²) < 4.78 is 0. The predicted molar refractivity (Wildman–Crippen MR) is 81.7 cm³/mol. The second kappa shape index (κ2) is 5.64. The average Bonchev–Trinajstić information content (AvgIpc) is 2.75. The van der Waals surface area contributed by atoms with Gasteiger partial charge in [0.15, 0.2) is 5.96 Å². The molecule has 0 radical (unpaired) electrons. The normalized spacial score (nSPS) is 18.9. The molecule has 1 unspecified atom stereocenters. The Kier molecular flexibility index (Phi) is 4.13. The largest absolute Gasteiger partial charge is 0.356 e. The monoisotopic (exact) mass is 259 g/mol. The van der Waals surface area contributed by atoms with Crippen molar-refractivity contribution in [1.82, 2.24) is 10.6 Å². The van der Waals surface area contributed by atoms with Crippen LogP contribution in [0.5, 0.6) is 0 Å². The first kappa shape index (κ1) is 13.9. The van der Waals surface area contributed by atoms with E-state index < -0.39 is 0 Å². The molecular weight excluding hydrogens is 234 g/mol. The SMILES string of the molecule is CC1CN=C(NCCc2ccc(C(C)(C)C)cc2)N1. The number of aliphatic imine (C=N–C) groups is 1. The van der Waals surface area contributed by atoms with Gasteiger partial charge in [0.25, 0.3) is 0 Å². The van der Waals surface area contributed by atoms with Gasteiger partial charge >= 0.3 is 0 Å². The van der Waals surface area contributed by atoms with E-state index in [0.29, 0.717) is 6.04 Å². The first-order chi connectivity index (χ1) is 8.95. The van der Waals surface area contributed by atoms with E-state index in [2.05, 4.69) is 67.6 Å². The van der Waals surface area contributed by atoms with Crippen molar-refractivity contribution in [1.29, 1.82) is 0 Å². The standard InChI is InChI=1S/C16H25N3/c1-12-11-18-15(19-12)17-10-9-13-5-7-14(8-6-13)16(2,3)4/h5-8,12H,9-11H2,1-4H3,(H2,17,18,19). The minimum absolute atomic E-state index is 0.232. The molecule has 1 aliphatic heterocycles. The van der Waals surface area contributed by atoms with Crippen molar-refractivity contribution in [2.24, 2.45) is 4.99 Å². The highest BCUT2D eigenvalue weighted by atomic mass is 15.2. The number of nitrogens with zero attached hydrogens (tertiary/aromatic N) is 1. The molecule has 2 rings (SSSR count). The molecule has 104 valence electrons. The van der Waals surface area contributed by atoms with E-state index in [-0.39, 0.29) is 5.41 Å². The number of nitrogens with one attached hydrogen (secondary N) is 2. The van der Waals surface area contributed by atoms with Crippen molar-refractivity contribution in [2.45, 2.75) is 45.6 Å². The Balaban J connectivity index is 1.80. The molecule has 1 aromatic rings. The van der Waals surface area contributed by atoms with Crippen LogP contribution in [-0.4, -0.2) is 25.1 Å². The molecule has 2 N–H and O–H groups in total. The Hall–Kier alpha value is -1.51. The average molecular weight is 259 g/mol. The predicted octanol–water partition coefficient (Wildman–Crippen LogP) is 2.46. The summed E-state index contributed by atoms with van der Waals surface area (Å²) in [6.07, 6.45) is 1.03. The second-order valence-corrected chi connectivity index (χ2v) is 6.36. The fraction of sp³-hybridized carbons (Fsp3) is 0.562. The minimum Gasteiger partial charge on any atom is -0.356 e. The van der Waals surface area contributed by atoms with Gasteiger partial charge in [-0.1, -0.05) is 45.0 Å². The van der Waals surface area contributed by atoms with Gasteiger partial charge in [0, 0.05) is 12.6 Å². The fourth-order valence-corrected chi connectivity index (χ4v) is 2.16. The van der Waals surface area contributed by atoms with Gasteiger partial charge in [-0.05, 0) is 29.9 Å². The first-order valence-corrected chi connectivity index (χ1v) is 7.09. The van der Waals surface area contributed by atoms with Crippen LogP contribution >= 0.6 is 0 Å². The Morgan fingerprint density at radius 2 is 1.95 bits per heavy atom. The minimum atomic E-state index is 0.232. The van der Waals surface area contributed by atoms with Gasteiger partial charge in [-0.3, -0.25) is 4.99 Å². The van der Waals surface area contributed by atoms with Crippen molar-refractivity contribution in [2.75, 3.05) is 13.1 Å². The van der Waals surface area contributed by atoms with Gasteiger partial charge in [-0.25, -0.2) is 0 Å². The number of hydrogen-bond donors (Lipinski definition) is 2. The Bertz CT molecular complexity index is 440. The van der Waals surface area contributed by atoms with E-state index in [9.17, 15) is 0 Å². The molecule has 0 spiro atoms. The maximum Gasteiger partial charge on any atom is 0.191 e. The van der Waals surface area contributed by atoms with Crippen LogP contribution in [0.1, 0.15) is 38.8 Å². The van der Waals surface area contributed by atoms with Crippen molar-refractivity contribution < 1.29 is 0 Å². The highest BCUT2D eigenvalue weighted by Crippen LogP contribution is 2.22. The van der Waals surface area contributed by atoms with Crippen LogP contribution in [0.15, 0.2) is 29.3 Å². The summed E-state index contributed by atoms with van der Waals surface area (Å²) in [6, 6.07) is 9.41. The summed E-state index contributed by atoms with van der Waals surface area (Å²) in [5.41, 5.74) is 2.99. The van der Waals surface area contributed by atoms with Crippen LogP contribution in [0, 0.1) is 0 Å². The van der Waals surface area contributed by atoms with Crippen LogP contribution in [0.2, 0.25) is 0 Å². The molecule has 1 heterocycles. The molecular formula is C16H25N3. The summed E-state index contributed by atoms with van der Waals surface area (Å²) in [7, 11) is 0. The van der Waals surface area contributed by atoms with Crippen LogP contribution in [0.4, 0.5) is 0 Å². The second-order valence-electron chi connectivity index (χ2n) is 6.36. The lowest BCUT2D eigenvalue weighted by Gasteiger charge is -2.19. The van der Waals surface area contributed by atoms with Crippen LogP contribution in [0.3, 0.4) is 0 Å². The lowest BCUT2D eigenvalue weighted by atomic mass is 9.86. The van der Waals surface area contributed by atoms with Crippen LogP contribution in [-0.2, 0) is 11.8 Å². The molecule has 1 aliphatic rings. The molecule has 19 heavy (non-hydrogen) atoms. The molecule has 0 fully saturated rings. The lowest BCUT2D eigenvalue weighted by molar-refractivity contribution is 0.590. The van der Waals surface area contributed by atoms with Crippen LogP contribution in [0.25, 0.3) is 0 Å². The molecule has 0 bridgehead atoms. The maximum absolute atomic E-state index is 4.39. The van der Waals surface area contributed by atoms with Crippen LogP contribution < -0.4 is 10.6 Å². The molecule has 3 heteroatoms. The highest BCUT2D eigenvalue weighted by molar-refractivity contribution is 5.81. The van der Waals surface area contributed by atoms with Crippen molar-refractivity contribution in [3.8, 4) is 0 Å². The summed E-state index contributed by atoms with van der Waals surface area (Å²) in [4.78, 5) is 4.39. The smallest absolute Gasteiger partial charge is 0.191 e. The van der Waals surface area contributed by atoms with Gasteiger partial charge in [-0.15, -0.1) is 0 Å². The zero-order valence-corrected chi connectivity index (χ0v) is 12.5. The topological polar surface area (TPSA) is 36.4 Å².